The van der Waals surface area contributed by atoms with Gasteiger partial charge in [0.15, 0.2) is 6.61 Å². The van der Waals surface area contributed by atoms with Crippen molar-refractivity contribution in [2.24, 2.45) is 0 Å². The van der Waals surface area contributed by atoms with E-state index in [0.29, 0.717) is 18.8 Å². The number of carbonyl (C=O) groups excluding carboxylic acids is 1. The van der Waals surface area contributed by atoms with E-state index in [-0.39, 0.29) is 4.75 Å². The molecule has 0 radical (unpaired) electrons. The number of hydrogen-bond acceptors (Lipinski definition) is 3. The van der Waals surface area contributed by atoms with Crippen molar-refractivity contribution in [2.45, 2.75) is 24.8 Å². The zero-order valence-electron chi connectivity index (χ0n) is 9.13. The molecule has 0 N–H and O–H groups in total. The fraction of sp³-hybridized carbons (Fsp3) is 0.889. The van der Waals surface area contributed by atoms with Crippen LogP contribution in [-0.2, 0) is 4.74 Å². The summed E-state index contributed by atoms with van der Waals surface area (Å²) in [5, 5.41) is 0. The Balaban J connectivity index is 2.42. The van der Waals surface area contributed by atoms with Crippen LogP contribution < -0.4 is 0 Å². The molecular weight excluding hydrogens is 243 g/mol. The van der Waals surface area contributed by atoms with Gasteiger partial charge in [0.05, 0.1) is 0 Å². The second-order valence-corrected chi connectivity index (χ2v) is 6.00. The molecule has 0 aromatic heterocycles. The fourth-order valence-corrected chi connectivity index (χ4v) is 2.52. The van der Waals surface area contributed by atoms with Crippen molar-refractivity contribution >= 4 is 17.9 Å². The van der Waals surface area contributed by atoms with Crippen molar-refractivity contribution in [3.63, 3.8) is 0 Å². The number of halogens is 3. The normalized spacial score (nSPS) is 20.7. The van der Waals surface area contributed by atoms with Crippen molar-refractivity contribution in [3.05, 3.63) is 0 Å². The Morgan fingerprint density at radius 1 is 1.50 bits per heavy atom. The first-order chi connectivity index (χ1) is 7.20. The van der Waals surface area contributed by atoms with E-state index >= 15 is 0 Å². The minimum atomic E-state index is -4.46. The fourth-order valence-electron chi connectivity index (χ4n) is 1.41. The van der Waals surface area contributed by atoms with Gasteiger partial charge in [0.25, 0.3) is 0 Å². The number of ether oxygens (including phenoxy) is 1. The van der Waals surface area contributed by atoms with Crippen LogP contribution in [0.2, 0.25) is 0 Å². The predicted octanol–water partition coefficient (Wildman–Crippen LogP) is 2.51. The number of hydrogen-bond donors (Lipinski definition) is 0. The summed E-state index contributed by atoms with van der Waals surface area (Å²) in [5.74, 6) is 0.716. The molecule has 0 aromatic rings. The lowest BCUT2D eigenvalue weighted by molar-refractivity contribution is -0.162. The van der Waals surface area contributed by atoms with Crippen LogP contribution in [0.25, 0.3) is 0 Å². The van der Waals surface area contributed by atoms with E-state index in [9.17, 15) is 18.0 Å². The third-order valence-electron chi connectivity index (χ3n) is 2.04. The molecule has 0 bridgehead atoms. The van der Waals surface area contributed by atoms with Gasteiger partial charge in [0, 0.05) is 23.6 Å². The van der Waals surface area contributed by atoms with Gasteiger partial charge in [0.2, 0.25) is 0 Å². The molecular formula is C9H14F3NO2S. The molecule has 1 saturated heterocycles. The maximum atomic E-state index is 11.8. The van der Waals surface area contributed by atoms with Gasteiger partial charge < -0.3 is 9.64 Å². The molecule has 0 unspecified atom stereocenters. The molecule has 7 heteroatoms. The van der Waals surface area contributed by atoms with E-state index in [0.717, 1.165) is 0 Å². The van der Waals surface area contributed by atoms with E-state index in [1.807, 2.05) is 13.8 Å². The Morgan fingerprint density at radius 2 is 2.12 bits per heavy atom. The molecule has 1 rings (SSSR count). The third-order valence-corrected chi connectivity index (χ3v) is 3.34. The molecule has 0 aromatic carbocycles. The molecule has 0 atom stereocenters. The summed E-state index contributed by atoms with van der Waals surface area (Å²) in [7, 11) is 0. The largest absolute Gasteiger partial charge is 0.440 e. The number of nitrogens with zero attached hydrogens (tertiary/aromatic N) is 1. The monoisotopic (exact) mass is 257 g/mol. The number of amides is 1. The Hall–Kier alpha value is -0.590. The molecule has 0 saturated carbocycles. The Labute approximate surface area is 96.3 Å². The summed E-state index contributed by atoms with van der Waals surface area (Å²) in [6.07, 6.45) is -5.35. The van der Waals surface area contributed by atoms with Crippen LogP contribution in [0, 0.1) is 0 Å². The van der Waals surface area contributed by atoms with Crippen molar-refractivity contribution < 1.29 is 22.7 Å². The highest BCUT2D eigenvalue weighted by Gasteiger charge is 2.34. The minimum Gasteiger partial charge on any atom is -0.440 e. The molecule has 3 nitrogen and oxygen atoms in total. The topological polar surface area (TPSA) is 29.5 Å². The van der Waals surface area contributed by atoms with Gasteiger partial charge in [-0.05, 0) is 13.8 Å². The zero-order valence-corrected chi connectivity index (χ0v) is 9.95. The first-order valence-electron chi connectivity index (χ1n) is 4.82. The Kier molecular flexibility index (Phi) is 3.98. The third kappa shape index (κ3) is 4.51. The zero-order chi connectivity index (χ0) is 12.4. The summed E-state index contributed by atoms with van der Waals surface area (Å²) in [4.78, 5) is 12.6. The first kappa shape index (κ1) is 13.5. The highest BCUT2D eigenvalue weighted by molar-refractivity contribution is 8.00. The number of rotatable bonds is 1. The van der Waals surface area contributed by atoms with Crippen LogP contribution in [0.3, 0.4) is 0 Å². The van der Waals surface area contributed by atoms with Gasteiger partial charge in [-0.2, -0.15) is 24.9 Å². The Morgan fingerprint density at radius 3 is 2.62 bits per heavy atom. The second kappa shape index (κ2) is 4.73. The standard InChI is InChI=1S/C9H14F3NO2S/c1-8(2)5-13(3-4-16-8)7(14)15-6-9(10,11)12/h3-6H2,1-2H3. The number of carbonyl (C=O) groups is 1. The quantitative estimate of drug-likeness (QED) is 0.723. The van der Waals surface area contributed by atoms with Crippen LogP contribution in [0.5, 0.6) is 0 Å². The second-order valence-electron chi connectivity index (χ2n) is 4.20. The van der Waals surface area contributed by atoms with Gasteiger partial charge in [-0.1, -0.05) is 0 Å². The molecule has 1 fully saturated rings. The van der Waals surface area contributed by atoms with Crippen molar-refractivity contribution in [1.29, 1.82) is 0 Å². The molecule has 1 aliphatic rings. The average Bonchev–Trinajstić information content (AvgIpc) is 2.11. The Bertz CT molecular complexity index is 268. The van der Waals surface area contributed by atoms with Crippen LogP contribution >= 0.6 is 11.8 Å². The van der Waals surface area contributed by atoms with Crippen LogP contribution in [-0.4, -0.2) is 47.4 Å². The summed E-state index contributed by atoms with van der Waals surface area (Å²) in [6.45, 7) is 3.22. The minimum absolute atomic E-state index is 0.129. The number of thioether (sulfide) groups is 1. The maximum absolute atomic E-state index is 11.8. The van der Waals surface area contributed by atoms with Crippen LogP contribution in [0.15, 0.2) is 0 Å². The molecule has 1 amide bonds. The van der Waals surface area contributed by atoms with E-state index in [2.05, 4.69) is 4.74 Å². The summed E-state index contributed by atoms with van der Waals surface area (Å²) < 4.78 is 39.6. The lowest BCUT2D eigenvalue weighted by atomic mass is 10.2. The molecule has 94 valence electrons. The van der Waals surface area contributed by atoms with Crippen molar-refractivity contribution in [1.82, 2.24) is 4.90 Å². The SMILES string of the molecule is CC1(C)CN(C(=O)OCC(F)(F)F)CCS1. The summed E-state index contributed by atoms with van der Waals surface area (Å²) in [5.41, 5.74) is 0. The van der Waals surface area contributed by atoms with Gasteiger partial charge in [0.1, 0.15) is 0 Å². The summed E-state index contributed by atoms with van der Waals surface area (Å²) in [6, 6.07) is 0. The van der Waals surface area contributed by atoms with Gasteiger partial charge in [-0.25, -0.2) is 4.79 Å². The molecule has 1 heterocycles. The summed E-state index contributed by atoms with van der Waals surface area (Å²) >= 11 is 1.69. The van der Waals surface area contributed by atoms with Gasteiger partial charge >= 0.3 is 12.3 Å². The molecule has 16 heavy (non-hydrogen) atoms. The van der Waals surface area contributed by atoms with Crippen molar-refractivity contribution in [3.8, 4) is 0 Å². The van der Waals surface area contributed by atoms with Gasteiger partial charge in [-0.15, -0.1) is 0 Å². The molecule has 0 aliphatic carbocycles. The van der Waals surface area contributed by atoms with Crippen LogP contribution in [0.1, 0.15) is 13.8 Å². The number of alkyl halides is 3. The van der Waals surface area contributed by atoms with Crippen LogP contribution in [0.4, 0.5) is 18.0 Å². The lowest BCUT2D eigenvalue weighted by Crippen LogP contribution is -2.46. The van der Waals surface area contributed by atoms with E-state index in [1.165, 1.54) is 4.90 Å². The molecule has 1 aliphatic heterocycles. The maximum Gasteiger partial charge on any atom is 0.422 e. The van der Waals surface area contributed by atoms with E-state index in [1.54, 1.807) is 11.8 Å². The van der Waals surface area contributed by atoms with E-state index in [4.69, 9.17) is 0 Å². The highest BCUT2D eigenvalue weighted by atomic mass is 32.2. The van der Waals surface area contributed by atoms with Gasteiger partial charge in [-0.3, -0.25) is 0 Å². The first-order valence-corrected chi connectivity index (χ1v) is 5.81. The average molecular weight is 257 g/mol. The van der Waals surface area contributed by atoms with Crippen molar-refractivity contribution in [2.75, 3.05) is 25.4 Å². The highest BCUT2D eigenvalue weighted by Crippen LogP contribution is 2.29. The van der Waals surface area contributed by atoms with E-state index < -0.39 is 18.9 Å². The lowest BCUT2D eigenvalue weighted by Gasteiger charge is -2.36. The molecule has 0 spiro atoms. The smallest absolute Gasteiger partial charge is 0.422 e. The predicted molar refractivity (Wildman–Crippen MR) is 55.5 cm³/mol.